The van der Waals surface area contributed by atoms with Gasteiger partial charge in [-0.1, -0.05) is 29.2 Å². The molecule has 0 spiro atoms. The Morgan fingerprint density at radius 2 is 2.14 bits per heavy atom. The van der Waals surface area contributed by atoms with E-state index >= 15 is 0 Å². The second kappa shape index (κ2) is 5.39. The molecule has 3 rings (SSSR count). The summed E-state index contributed by atoms with van der Waals surface area (Å²) in [6.07, 6.45) is 0. The molecule has 0 aliphatic carbocycles. The highest BCUT2D eigenvalue weighted by atomic mass is 32.2. The van der Waals surface area contributed by atoms with Crippen LogP contribution in [0.1, 0.15) is 37.8 Å². The summed E-state index contributed by atoms with van der Waals surface area (Å²) >= 11 is 1.74. The molecule has 21 heavy (non-hydrogen) atoms. The van der Waals surface area contributed by atoms with E-state index in [-0.39, 0.29) is 4.75 Å². The lowest BCUT2D eigenvalue weighted by atomic mass is 9.99. The average molecular weight is 304 g/mol. The van der Waals surface area contributed by atoms with E-state index in [1.165, 1.54) is 5.56 Å². The lowest BCUT2D eigenvalue weighted by molar-refractivity contribution is 0.245. The normalized spacial score (nSPS) is 13.5. The molecular formula is C16H20N2O2S. The number of ether oxygens (including phenoxy) is 1. The minimum absolute atomic E-state index is 0.208. The molecule has 0 atom stereocenters. The van der Waals surface area contributed by atoms with Gasteiger partial charge in [0.1, 0.15) is 12.4 Å². The average Bonchev–Trinajstić information content (AvgIpc) is 2.79. The van der Waals surface area contributed by atoms with Crippen molar-refractivity contribution in [1.29, 1.82) is 0 Å². The van der Waals surface area contributed by atoms with Crippen LogP contribution in [0.4, 0.5) is 0 Å². The number of rotatable bonds is 3. The van der Waals surface area contributed by atoms with Crippen LogP contribution in [0, 0.1) is 6.92 Å². The lowest BCUT2D eigenvalue weighted by Gasteiger charge is -2.19. The molecule has 5 heteroatoms. The zero-order chi connectivity index (χ0) is 15.0. The molecule has 1 aliphatic heterocycles. The van der Waals surface area contributed by atoms with E-state index < -0.39 is 0 Å². The summed E-state index contributed by atoms with van der Waals surface area (Å²) in [6, 6.07) is 6.32. The van der Waals surface area contributed by atoms with Crippen LogP contribution in [0.15, 0.2) is 22.7 Å². The van der Waals surface area contributed by atoms with E-state index in [4.69, 9.17) is 9.26 Å². The van der Waals surface area contributed by atoms with Crippen LogP contribution in [0.5, 0.6) is 5.75 Å². The van der Waals surface area contributed by atoms with Crippen LogP contribution in [0.25, 0.3) is 11.1 Å². The van der Waals surface area contributed by atoms with Gasteiger partial charge in [-0.05, 0) is 39.3 Å². The summed E-state index contributed by atoms with van der Waals surface area (Å²) in [5.41, 5.74) is 4.29. The number of aromatic nitrogens is 1. The van der Waals surface area contributed by atoms with Gasteiger partial charge in [-0.2, -0.15) is 0 Å². The van der Waals surface area contributed by atoms with E-state index in [0.717, 1.165) is 34.9 Å². The molecule has 1 aromatic carbocycles. The van der Waals surface area contributed by atoms with Crippen molar-refractivity contribution in [3.8, 4) is 16.9 Å². The first-order chi connectivity index (χ1) is 9.94. The molecule has 1 aliphatic rings. The van der Waals surface area contributed by atoms with E-state index in [1.807, 2.05) is 6.92 Å². The minimum Gasteiger partial charge on any atom is -0.485 e. The van der Waals surface area contributed by atoms with E-state index in [9.17, 15) is 0 Å². The third-order valence-electron chi connectivity index (χ3n) is 3.26. The van der Waals surface area contributed by atoms with Crippen LogP contribution in [0.3, 0.4) is 0 Å². The summed E-state index contributed by atoms with van der Waals surface area (Å²) < 4.78 is 14.7. The van der Waals surface area contributed by atoms with Gasteiger partial charge < -0.3 is 9.26 Å². The Morgan fingerprint density at radius 3 is 2.90 bits per heavy atom. The fraction of sp³-hybridized carbons (Fsp3) is 0.438. The van der Waals surface area contributed by atoms with Gasteiger partial charge in [-0.15, -0.1) is 0 Å². The van der Waals surface area contributed by atoms with Crippen LogP contribution < -0.4 is 9.46 Å². The molecule has 2 heterocycles. The monoisotopic (exact) mass is 304 g/mol. The zero-order valence-electron chi connectivity index (χ0n) is 12.8. The van der Waals surface area contributed by atoms with Crippen LogP contribution >= 0.6 is 11.9 Å². The second-order valence-corrected chi connectivity index (χ2v) is 7.94. The first-order valence-corrected chi connectivity index (χ1v) is 7.88. The van der Waals surface area contributed by atoms with E-state index in [1.54, 1.807) is 11.9 Å². The fourth-order valence-electron chi connectivity index (χ4n) is 2.34. The van der Waals surface area contributed by atoms with Crippen molar-refractivity contribution in [3.63, 3.8) is 0 Å². The minimum atomic E-state index is 0.208. The van der Waals surface area contributed by atoms with Crippen molar-refractivity contribution in [2.45, 2.75) is 45.6 Å². The standard InChI is InChI=1S/C16H20N2O2S/c1-10-15-12-6-5-11(8-17-21-16(2,3)4)7-13(12)19-9-14(15)20-18-10/h5-7,17H,8-9H2,1-4H3. The van der Waals surface area contributed by atoms with Gasteiger partial charge in [0.25, 0.3) is 0 Å². The quantitative estimate of drug-likeness (QED) is 0.866. The molecular weight excluding hydrogens is 284 g/mol. The Bertz CT molecular complexity index is 659. The largest absolute Gasteiger partial charge is 0.485 e. The van der Waals surface area contributed by atoms with Crippen LogP contribution in [-0.2, 0) is 13.2 Å². The smallest absolute Gasteiger partial charge is 0.182 e. The van der Waals surface area contributed by atoms with Gasteiger partial charge in [0.15, 0.2) is 5.76 Å². The molecule has 0 fully saturated rings. The van der Waals surface area contributed by atoms with E-state index in [2.05, 4.69) is 48.8 Å². The van der Waals surface area contributed by atoms with Crippen molar-refractivity contribution in [1.82, 2.24) is 9.88 Å². The van der Waals surface area contributed by atoms with Crippen molar-refractivity contribution in [3.05, 3.63) is 35.2 Å². The summed E-state index contributed by atoms with van der Waals surface area (Å²) in [4.78, 5) is 0. The van der Waals surface area contributed by atoms with Crippen molar-refractivity contribution in [2.24, 2.45) is 0 Å². The molecule has 0 saturated heterocycles. The molecule has 4 nitrogen and oxygen atoms in total. The molecule has 0 bridgehead atoms. The summed E-state index contributed by atoms with van der Waals surface area (Å²) in [7, 11) is 0. The van der Waals surface area contributed by atoms with Gasteiger partial charge >= 0.3 is 0 Å². The zero-order valence-corrected chi connectivity index (χ0v) is 13.6. The maximum atomic E-state index is 5.78. The molecule has 0 unspecified atom stereocenters. The lowest BCUT2D eigenvalue weighted by Crippen LogP contribution is -2.16. The Kier molecular flexibility index (Phi) is 3.71. The van der Waals surface area contributed by atoms with Crippen molar-refractivity contribution in [2.75, 3.05) is 0 Å². The maximum Gasteiger partial charge on any atom is 0.182 e. The van der Waals surface area contributed by atoms with Gasteiger partial charge in [-0.25, -0.2) is 0 Å². The predicted octanol–water partition coefficient (Wildman–Crippen LogP) is 4.08. The molecule has 0 saturated carbocycles. The van der Waals surface area contributed by atoms with Crippen molar-refractivity contribution >= 4 is 11.9 Å². The Morgan fingerprint density at radius 1 is 1.33 bits per heavy atom. The first-order valence-electron chi connectivity index (χ1n) is 7.06. The highest BCUT2D eigenvalue weighted by Crippen LogP contribution is 2.39. The first kappa shape index (κ1) is 14.5. The van der Waals surface area contributed by atoms with Gasteiger partial charge in [0.2, 0.25) is 0 Å². The number of benzene rings is 1. The number of fused-ring (bicyclic) bond motifs is 3. The number of aryl methyl sites for hydroxylation is 1. The molecule has 0 radical (unpaired) electrons. The maximum absolute atomic E-state index is 5.78. The predicted molar refractivity (Wildman–Crippen MR) is 85.2 cm³/mol. The van der Waals surface area contributed by atoms with E-state index in [0.29, 0.717) is 6.61 Å². The SMILES string of the molecule is Cc1noc2c1-c1ccc(CNSC(C)(C)C)cc1OC2. The molecule has 2 aromatic rings. The molecule has 0 amide bonds. The number of nitrogens with zero attached hydrogens (tertiary/aromatic N) is 1. The van der Waals surface area contributed by atoms with Gasteiger partial charge in [0.05, 0.1) is 11.3 Å². The highest BCUT2D eigenvalue weighted by molar-refractivity contribution is 7.98. The number of nitrogens with one attached hydrogen (secondary N) is 1. The fourth-order valence-corrected chi connectivity index (χ4v) is 3.01. The number of hydrogen-bond acceptors (Lipinski definition) is 5. The number of hydrogen-bond donors (Lipinski definition) is 1. The molecule has 1 aromatic heterocycles. The summed E-state index contributed by atoms with van der Waals surface area (Å²) in [5.74, 6) is 1.73. The third kappa shape index (κ3) is 3.09. The topological polar surface area (TPSA) is 47.3 Å². The van der Waals surface area contributed by atoms with Crippen molar-refractivity contribution < 1.29 is 9.26 Å². The highest BCUT2D eigenvalue weighted by Gasteiger charge is 2.24. The van der Waals surface area contributed by atoms with Gasteiger partial charge in [0, 0.05) is 16.9 Å². The Balaban J connectivity index is 1.79. The Hall–Kier alpha value is -1.46. The van der Waals surface area contributed by atoms with Crippen LogP contribution in [-0.4, -0.2) is 9.90 Å². The summed E-state index contributed by atoms with van der Waals surface area (Å²) in [6.45, 7) is 9.81. The Labute approximate surface area is 129 Å². The third-order valence-corrected chi connectivity index (χ3v) is 4.16. The molecule has 112 valence electrons. The molecule has 1 N–H and O–H groups in total. The van der Waals surface area contributed by atoms with Gasteiger partial charge in [-0.3, -0.25) is 4.72 Å². The van der Waals surface area contributed by atoms with Crippen LogP contribution in [0.2, 0.25) is 0 Å². The summed E-state index contributed by atoms with van der Waals surface area (Å²) in [5, 5.41) is 4.03. The second-order valence-electron chi connectivity index (χ2n) is 6.22.